The molecule has 2 heterocycles. The molecular formula is C46H29NS2. The molecule has 0 saturated carbocycles. The van der Waals surface area contributed by atoms with Gasteiger partial charge in [0.2, 0.25) is 0 Å². The lowest BCUT2D eigenvalue weighted by Gasteiger charge is -2.28. The van der Waals surface area contributed by atoms with Crippen molar-refractivity contribution >= 4 is 90.9 Å². The third-order valence-corrected chi connectivity index (χ3v) is 12.0. The van der Waals surface area contributed by atoms with Crippen molar-refractivity contribution in [1.82, 2.24) is 0 Å². The highest BCUT2D eigenvalue weighted by Crippen LogP contribution is 2.47. The number of hydrogen-bond acceptors (Lipinski definition) is 3. The van der Waals surface area contributed by atoms with Gasteiger partial charge in [-0.25, -0.2) is 0 Å². The zero-order valence-electron chi connectivity index (χ0n) is 26.5. The van der Waals surface area contributed by atoms with Gasteiger partial charge < -0.3 is 4.90 Å². The van der Waals surface area contributed by atoms with Crippen molar-refractivity contribution in [3.05, 3.63) is 176 Å². The van der Waals surface area contributed by atoms with Gasteiger partial charge in [0.15, 0.2) is 0 Å². The zero-order valence-corrected chi connectivity index (χ0v) is 28.1. The average molecular weight is 660 g/mol. The molecule has 10 aromatic rings. The summed E-state index contributed by atoms with van der Waals surface area (Å²) < 4.78 is 5.23. The number of thiophene rings is 2. The smallest absolute Gasteiger partial charge is 0.0640 e. The van der Waals surface area contributed by atoms with Gasteiger partial charge in [0.25, 0.3) is 0 Å². The maximum atomic E-state index is 2.47. The Morgan fingerprint density at radius 3 is 1.82 bits per heavy atom. The Morgan fingerprint density at radius 2 is 0.980 bits per heavy atom. The van der Waals surface area contributed by atoms with Crippen LogP contribution >= 0.6 is 22.7 Å². The molecule has 0 aliphatic heterocycles. The first-order chi connectivity index (χ1) is 24.3. The SMILES string of the molecule is c1ccc(-c2cc(-c3ccc4c(c3)sc3ccccc34)cc(N(c3ccc4ccccc4c3)c3cccc4c3sc3ccccc34)c2)cc1. The molecule has 0 unspecified atom stereocenters. The summed E-state index contributed by atoms with van der Waals surface area (Å²) in [5.74, 6) is 0. The highest BCUT2D eigenvalue weighted by molar-refractivity contribution is 7.26. The molecule has 8 aromatic carbocycles. The molecule has 0 atom stereocenters. The molecule has 0 amide bonds. The first-order valence-corrected chi connectivity index (χ1v) is 18.2. The topological polar surface area (TPSA) is 3.24 Å². The minimum absolute atomic E-state index is 1.13. The molecule has 0 saturated heterocycles. The van der Waals surface area contributed by atoms with Crippen LogP contribution < -0.4 is 4.90 Å². The Morgan fingerprint density at radius 1 is 0.327 bits per heavy atom. The van der Waals surface area contributed by atoms with Gasteiger partial charge in [-0.3, -0.25) is 0 Å². The number of hydrogen-bond donors (Lipinski definition) is 0. The maximum Gasteiger partial charge on any atom is 0.0640 e. The van der Waals surface area contributed by atoms with Crippen molar-refractivity contribution in [3.8, 4) is 22.3 Å². The van der Waals surface area contributed by atoms with Gasteiger partial charge in [0.1, 0.15) is 0 Å². The Labute approximate surface area is 292 Å². The second-order valence-corrected chi connectivity index (χ2v) is 14.7. The molecule has 0 bridgehead atoms. The first-order valence-electron chi connectivity index (χ1n) is 16.6. The Hall–Kier alpha value is -5.74. The second-order valence-electron chi connectivity index (χ2n) is 12.6. The van der Waals surface area contributed by atoms with E-state index in [-0.39, 0.29) is 0 Å². The average Bonchev–Trinajstić information content (AvgIpc) is 3.74. The molecule has 0 N–H and O–H groups in total. The molecule has 230 valence electrons. The van der Waals surface area contributed by atoms with Crippen molar-refractivity contribution in [1.29, 1.82) is 0 Å². The van der Waals surface area contributed by atoms with E-state index in [1.165, 1.54) is 79.1 Å². The van der Waals surface area contributed by atoms with Gasteiger partial charge in [-0.1, -0.05) is 121 Å². The van der Waals surface area contributed by atoms with Crippen LogP contribution in [0.15, 0.2) is 176 Å². The van der Waals surface area contributed by atoms with E-state index in [0.29, 0.717) is 0 Å². The molecule has 3 heteroatoms. The molecule has 0 radical (unpaired) electrons. The normalized spacial score (nSPS) is 11.7. The fourth-order valence-corrected chi connectivity index (χ4v) is 9.61. The standard InChI is InChI=1S/C46H29NS2/c1-2-11-30(12-3-1)34-25-35(33-22-24-40-38-15-6-8-19-43(38)48-45(40)29-33)28-37(27-34)47(36-23-21-31-13-4-5-14-32(31)26-36)42-18-10-17-41-39-16-7-9-20-44(39)49-46(41)42/h1-29H. The van der Waals surface area contributed by atoms with Crippen molar-refractivity contribution in [2.24, 2.45) is 0 Å². The second kappa shape index (κ2) is 11.5. The van der Waals surface area contributed by atoms with E-state index in [9.17, 15) is 0 Å². The van der Waals surface area contributed by atoms with Crippen LogP contribution in [0.3, 0.4) is 0 Å². The molecular weight excluding hydrogens is 631 g/mol. The summed E-state index contributed by atoms with van der Waals surface area (Å²) in [6.45, 7) is 0. The van der Waals surface area contributed by atoms with Crippen LogP contribution in [-0.4, -0.2) is 0 Å². The van der Waals surface area contributed by atoms with Crippen molar-refractivity contribution in [2.75, 3.05) is 4.90 Å². The zero-order chi connectivity index (χ0) is 32.3. The number of nitrogens with zero attached hydrogens (tertiary/aromatic N) is 1. The highest BCUT2D eigenvalue weighted by Gasteiger charge is 2.20. The van der Waals surface area contributed by atoms with Gasteiger partial charge in [0.05, 0.1) is 10.4 Å². The van der Waals surface area contributed by atoms with Crippen molar-refractivity contribution in [2.45, 2.75) is 0 Å². The lowest BCUT2D eigenvalue weighted by molar-refractivity contribution is 1.31. The monoisotopic (exact) mass is 659 g/mol. The van der Waals surface area contributed by atoms with Crippen LogP contribution in [0.25, 0.3) is 73.4 Å². The number of benzene rings is 8. The van der Waals surface area contributed by atoms with E-state index < -0.39 is 0 Å². The van der Waals surface area contributed by atoms with E-state index in [2.05, 4.69) is 181 Å². The molecule has 2 aromatic heterocycles. The Balaban J connectivity index is 1.25. The molecule has 49 heavy (non-hydrogen) atoms. The molecule has 10 rings (SSSR count). The third-order valence-electron chi connectivity index (χ3n) is 9.61. The predicted molar refractivity (Wildman–Crippen MR) is 215 cm³/mol. The van der Waals surface area contributed by atoms with Gasteiger partial charge >= 0.3 is 0 Å². The number of anilines is 3. The number of fused-ring (bicyclic) bond motifs is 7. The van der Waals surface area contributed by atoms with Crippen LogP contribution in [0.5, 0.6) is 0 Å². The molecule has 0 fully saturated rings. The van der Waals surface area contributed by atoms with E-state index in [1.54, 1.807) is 0 Å². The van der Waals surface area contributed by atoms with Crippen molar-refractivity contribution < 1.29 is 0 Å². The summed E-state index contributed by atoms with van der Waals surface area (Å²) in [4.78, 5) is 2.47. The fraction of sp³-hybridized carbons (Fsp3) is 0. The summed E-state index contributed by atoms with van der Waals surface area (Å²) >= 11 is 3.74. The third kappa shape index (κ3) is 4.82. The molecule has 0 aliphatic carbocycles. The molecule has 0 aliphatic rings. The summed E-state index contributed by atoms with van der Waals surface area (Å²) in [5.41, 5.74) is 8.27. The summed E-state index contributed by atoms with van der Waals surface area (Å²) in [5, 5.41) is 7.70. The lowest BCUT2D eigenvalue weighted by atomic mass is 9.96. The predicted octanol–water partition coefficient (Wildman–Crippen LogP) is 14.4. The van der Waals surface area contributed by atoms with Gasteiger partial charge in [-0.05, 0) is 87.6 Å². The lowest BCUT2D eigenvalue weighted by Crippen LogP contribution is -2.10. The maximum absolute atomic E-state index is 2.47. The van der Waals surface area contributed by atoms with Gasteiger partial charge in [-0.15, -0.1) is 22.7 Å². The summed E-state index contributed by atoms with van der Waals surface area (Å²) in [6, 6.07) is 64.6. The van der Waals surface area contributed by atoms with Crippen LogP contribution in [0.2, 0.25) is 0 Å². The fourth-order valence-electron chi connectivity index (χ4n) is 7.26. The first kappa shape index (κ1) is 28.3. The van der Waals surface area contributed by atoms with Crippen LogP contribution in [0.4, 0.5) is 17.1 Å². The highest BCUT2D eigenvalue weighted by atomic mass is 32.1. The van der Waals surface area contributed by atoms with E-state index in [0.717, 1.165) is 11.4 Å². The Bertz CT molecular complexity index is 2840. The van der Waals surface area contributed by atoms with E-state index in [4.69, 9.17) is 0 Å². The number of rotatable bonds is 5. The minimum atomic E-state index is 1.13. The summed E-state index contributed by atoms with van der Waals surface area (Å²) in [6.07, 6.45) is 0. The molecule has 0 spiro atoms. The summed E-state index contributed by atoms with van der Waals surface area (Å²) in [7, 11) is 0. The van der Waals surface area contributed by atoms with Gasteiger partial charge in [0, 0.05) is 47.0 Å². The van der Waals surface area contributed by atoms with Gasteiger partial charge in [-0.2, -0.15) is 0 Å². The van der Waals surface area contributed by atoms with E-state index >= 15 is 0 Å². The van der Waals surface area contributed by atoms with Crippen LogP contribution in [-0.2, 0) is 0 Å². The van der Waals surface area contributed by atoms with Crippen LogP contribution in [0.1, 0.15) is 0 Å². The molecule has 1 nitrogen and oxygen atoms in total. The minimum Gasteiger partial charge on any atom is -0.309 e. The van der Waals surface area contributed by atoms with E-state index in [1.807, 2.05) is 22.7 Å². The van der Waals surface area contributed by atoms with Crippen LogP contribution in [0, 0.1) is 0 Å². The Kier molecular flexibility index (Phi) is 6.61. The largest absolute Gasteiger partial charge is 0.309 e. The quantitative estimate of drug-likeness (QED) is 0.178. The van der Waals surface area contributed by atoms with Crippen molar-refractivity contribution in [3.63, 3.8) is 0 Å².